The minimum absolute atomic E-state index is 0.523. The summed E-state index contributed by atoms with van der Waals surface area (Å²) in [5, 5.41) is 3.63. The Balaban J connectivity index is 1.83. The van der Waals surface area contributed by atoms with E-state index in [-0.39, 0.29) is 0 Å². The lowest BCUT2D eigenvalue weighted by Gasteiger charge is -2.15. The summed E-state index contributed by atoms with van der Waals surface area (Å²) in [5.74, 6) is 0. The van der Waals surface area contributed by atoms with Crippen molar-refractivity contribution < 1.29 is 0 Å². The minimum Gasteiger partial charge on any atom is -0.349 e. The maximum absolute atomic E-state index is 4.25. The Kier molecular flexibility index (Phi) is 4.76. The van der Waals surface area contributed by atoms with E-state index < -0.39 is 0 Å². The lowest BCUT2D eigenvalue weighted by Crippen LogP contribution is -2.20. The highest BCUT2D eigenvalue weighted by molar-refractivity contribution is 9.10. The van der Waals surface area contributed by atoms with Gasteiger partial charge in [-0.3, -0.25) is 4.98 Å². The first-order valence-corrected chi connectivity index (χ1v) is 8.57. The summed E-state index contributed by atoms with van der Waals surface area (Å²) in [7, 11) is 0. The van der Waals surface area contributed by atoms with Gasteiger partial charge in [-0.15, -0.1) is 0 Å². The van der Waals surface area contributed by atoms with Crippen molar-refractivity contribution in [3.8, 4) is 0 Å². The van der Waals surface area contributed by atoms with Crippen molar-refractivity contribution in [2.24, 2.45) is 0 Å². The summed E-state index contributed by atoms with van der Waals surface area (Å²) in [5.41, 5.74) is 4.24. The Hall–Kier alpha value is -1.13. The lowest BCUT2D eigenvalue weighted by atomic mass is 10.0. The van der Waals surface area contributed by atoms with Gasteiger partial charge in [-0.2, -0.15) is 0 Å². The van der Waals surface area contributed by atoms with Gasteiger partial charge in [-0.05, 0) is 64.5 Å². The summed E-state index contributed by atoms with van der Waals surface area (Å²) < 4.78 is 3.35. The van der Waals surface area contributed by atoms with Crippen molar-refractivity contribution in [2.45, 2.75) is 45.2 Å². The Bertz CT molecular complexity index is 606. The van der Waals surface area contributed by atoms with Gasteiger partial charge in [-0.1, -0.05) is 13.3 Å². The van der Waals surface area contributed by atoms with Crippen LogP contribution in [-0.2, 0) is 13.0 Å². The van der Waals surface area contributed by atoms with Gasteiger partial charge in [-0.25, -0.2) is 0 Å². The van der Waals surface area contributed by atoms with Gasteiger partial charge < -0.3 is 9.88 Å². The zero-order chi connectivity index (χ0) is 14.7. The molecule has 0 fully saturated rings. The van der Waals surface area contributed by atoms with E-state index in [1.54, 1.807) is 0 Å². The average Bonchev–Trinajstić information content (AvgIpc) is 2.76. The normalized spacial score (nSPS) is 18.3. The first kappa shape index (κ1) is 14.8. The molecule has 1 N–H and O–H groups in total. The SMILES string of the molecule is CCNC1CCCCc2cn(Cc3cncc(Br)c3)cc21. The predicted molar refractivity (Wildman–Crippen MR) is 89.4 cm³/mol. The quantitative estimate of drug-likeness (QED) is 0.844. The maximum Gasteiger partial charge on any atom is 0.0486 e. The molecule has 3 nitrogen and oxygen atoms in total. The second-order valence-corrected chi connectivity index (χ2v) is 6.69. The molecule has 2 heterocycles. The average molecular weight is 348 g/mol. The van der Waals surface area contributed by atoms with Crippen molar-refractivity contribution >= 4 is 15.9 Å². The van der Waals surface area contributed by atoms with E-state index in [1.165, 1.54) is 42.4 Å². The number of hydrogen-bond acceptors (Lipinski definition) is 2. The molecular formula is C17H22BrN3. The third-order valence-electron chi connectivity index (χ3n) is 4.14. The Morgan fingerprint density at radius 2 is 2.24 bits per heavy atom. The van der Waals surface area contributed by atoms with E-state index in [4.69, 9.17) is 0 Å². The molecule has 0 bridgehead atoms. The largest absolute Gasteiger partial charge is 0.349 e. The molecular weight excluding hydrogens is 326 g/mol. The molecule has 0 amide bonds. The molecule has 0 saturated carbocycles. The molecule has 0 saturated heterocycles. The zero-order valence-electron chi connectivity index (χ0n) is 12.5. The smallest absolute Gasteiger partial charge is 0.0486 e. The number of pyridine rings is 1. The number of rotatable bonds is 4. The van der Waals surface area contributed by atoms with Gasteiger partial charge in [0.05, 0.1) is 0 Å². The van der Waals surface area contributed by atoms with Crippen LogP contribution in [-0.4, -0.2) is 16.1 Å². The second kappa shape index (κ2) is 6.75. The Labute approximate surface area is 134 Å². The molecule has 0 spiro atoms. The predicted octanol–water partition coefficient (Wildman–Crippen LogP) is 4.07. The summed E-state index contributed by atoms with van der Waals surface area (Å²) >= 11 is 3.49. The summed E-state index contributed by atoms with van der Waals surface area (Å²) in [6, 6.07) is 2.66. The molecule has 0 aromatic carbocycles. The van der Waals surface area contributed by atoms with Crippen LogP contribution in [0.15, 0.2) is 35.3 Å². The monoisotopic (exact) mass is 347 g/mol. The Morgan fingerprint density at radius 3 is 3.05 bits per heavy atom. The first-order chi connectivity index (χ1) is 10.3. The zero-order valence-corrected chi connectivity index (χ0v) is 14.1. The minimum atomic E-state index is 0.523. The molecule has 1 aliphatic rings. The number of aromatic nitrogens is 2. The number of halogens is 1. The molecule has 1 aliphatic carbocycles. The maximum atomic E-state index is 4.25. The molecule has 0 radical (unpaired) electrons. The summed E-state index contributed by atoms with van der Waals surface area (Å²) in [6.07, 6.45) is 13.5. The fraction of sp³-hybridized carbons (Fsp3) is 0.471. The van der Waals surface area contributed by atoms with Crippen molar-refractivity contribution in [1.82, 2.24) is 14.9 Å². The van der Waals surface area contributed by atoms with Crippen molar-refractivity contribution in [3.63, 3.8) is 0 Å². The first-order valence-electron chi connectivity index (χ1n) is 7.77. The van der Waals surface area contributed by atoms with E-state index in [1.807, 2.05) is 12.4 Å². The molecule has 2 aromatic rings. The van der Waals surface area contributed by atoms with Crippen LogP contribution in [0.3, 0.4) is 0 Å². The van der Waals surface area contributed by atoms with Crippen LogP contribution in [0.4, 0.5) is 0 Å². The van der Waals surface area contributed by atoms with Gasteiger partial charge in [0, 0.05) is 41.8 Å². The van der Waals surface area contributed by atoms with E-state index in [2.05, 4.69) is 56.2 Å². The standard InChI is InChI=1S/C17H22BrN3/c1-2-20-17-6-4-3-5-14-11-21(12-16(14)17)10-13-7-15(18)9-19-8-13/h7-9,11-12,17,20H,2-6,10H2,1H3. The number of nitrogens with zero attached hydrogens (tertiary/aromatic N) is 2. The number of hydrogen-bond donors (Lipinski definition) is 1. The van der Waals surface area contributed by atoms with Crippen molar-refractivity contribution in [1.29, 1.82) is 0 Å². The third-order valence-corrected chi connectivity index (χ3v) is 4.57. The highest BCUT2D eigenvalue weighted by Gasteiger charge is 2.19. The van der Waals surface area contributed by atoms with Crippen LogP contribution < -0.4 is 5.32 Å². The molecule has 0 aliphatic heterocycles. The fourth-order valence-electron chi connectivity index (χ4n) is 3.22. The van der Waals surface area contributed by atoms with E-state index >= 15 is 0 Å². The van der Waals surface area contributed by atoms with Crippen LogP contribution in [0.2, 0.25) is 0 Å². The van der Waals surface area contributed by atoms with Gasteiger partial charge in [0.2, 0.25) is 0 Å². The molecule has 4 heteroatoms. The van der Waals surface area contributed by atoms with Crippen LogP contribution in [0.25, 0.3) is 0 Å². The number of nitrogens with one attached hydrogen (secondary N) is 1. The molecule has 3 rings (SSSR count). The van der Waals surface area contributed by atoms with Gasteiger partial charge >= 0.3 is 0 Å². The molecule has 1 atom stereocenters. The van der Waals surface area contributed by atoms with E-state index in [9.17, 15) is 0 Å². The summed E-state index contributed by atoms with van der Waals surface area (Å²) in [6.45, 7) is 4.11. The van der Waals surface area contributed by atoms with E-state index in [0.29, 0.717) is 6.04 Å². The van der Waals surface area contributed by atoms with Gasteiger partial charge in [0.1, 0.15) is 0 Å². The lowest BCUT2D eigenvalue weighted by molar-refractivity contribution is 0.502. The topological polar surface area (TPSA) is 29.9 Å². The van der Waals surface area contributed by atoms with Gasteiger partial charge in [0.15, 0.2) is 0 Å². The number of fused-ring (bicyclic) bond motifs is 1. The molecule has 112 valence electrons. The van der Waals surface area contributed by atoms with Gasteiger partial charge in [0.25, 0.3) is 0 Å². The highest BCUT2D eigenvalue weighted by Crippen LogP contribution is 2.29. The Morgan fingerprint density at radius 1 is 1.33 bits per heavy atom. The van der Waals surface area contributed by atoms with Crippen LogP contribution in [0, 0.1) is 0 Å². The molecule has 2 aromatic heterocycles. The van der Waals surface area contributed by atoms with Crippen molar-refractivity contribution in [2.75, 3.05) is 6.54 Å². The fourth-order valence-corrected chi connectivity index (χ4v) is 3.63. The second-order valence-electron chi connectivity index (χ2n) is 5.78. The summed E-state index contributed by atoms with van der Waals surface area (Å²) in [4.78, 5) is 4.25. The van der Waals surface area contributed by atoms with Crippen LogP contribution in [0.1, 0.15) is 48.9 Å². The van der Waals surface area contributed by atoms with Crippen LogP contribution in [0.5, 0.6) is 0 Å². The highest BCUT2D eigenvalue weighted by atomic mass is 79.9. The van der Waals surface area contributed by atoms with Crippen molar-refractivity contribution in [3.05, 3.63) is 52.0 Å². The third kappa shape index (κ3) is 3.55. The molecule has 21 heavy (non-hydrogen) atoms. The van der Waals surface area contributed by atoms with Crippen LogP contribution >= 0.6 is 15.9 Å². The number of aryl methyl sites for hydroxylation is 1. The van der Waals surface area contributed by atoms with E-state index in [0.717, 1.165) is 17.6 Å². The molecule has 1 unspecified atom stereocenters.